The van der Waals surface area contributed by atoms with E-state index >= 15 is 0 Å². The predicted molar refractivity (Wildman–Crippen MR) is 151 cm³/mol. The predicted octanol–water partition coefficient (Wildman–Crippen LogP) is 8.73. The number of unbranched alkanes of at least 4 members (excludes halogenated alkanes) is 8. The van der Waals surface area contributed by atoms with Crippen LogP contribution in [0.2, 0.25) is 0 Å². The first-order valence-corrected chi connectivity index (χ1v) is 14.1. The normalized spacial score (nSPS) is 18.5. The van der Waals surface area contributed by atoms with Crippen molar-refractivity contribution < 1.29 is 8.91 Å². The van der Waals surface area contributed by atoms with Gasteiger partial charge in [-0.3, -0.25) is 9.36 Å². The SMILES string of the molecule is [2H]C([2H])([2H])N1CCC[C@H]1Cc1cn(C(=O)CCCCCCC/C=C\C/C=C\CCCCC)c2ccccc12. The number of carbonyl (C=O) groups is 1. The number of likely N-dealkylation sites (tertiary alicyclic amines) is 1. The smallest absolute Gasteiger partial charge is 0.231 e. The van der Waals surface area contributed by atoms with E-state index in [1.54, 1.807) is 4.90 Å². The molecular formula is C32H48N2O. The molecule has 0 spiro atoms. The Labute approximate surface area is 218 Å². The van der Waals surface area contributed by atoms with Crippen LogP contribution < -0.4 is 0 Å². The van der Waals surface area contributed by atoms with Crippen molar-refractivity contribution in [3.05, 3.63) is 60.3 Å². The summed E-state index contributed by atoms with van der Waals surface area (Å²) in [6.45, 7) is 0.798. The summed E-state index contributed by atoms with van der Waals surface area (Å²) in [5.41, 5.74) is 2.02. The topological polar surface area (TPSA) is 25.2 Å². The van der Waals surface area contributed by atoms with Crippen LogP contribution in [0.4, 0.5) is 0 Å². The number of nitrogens with zero attached hydrogens (tertiary/aromatic N) is 2. The Kier molecular flexibility index (Phi) is 10.5. The maximum Gasteiger partial charge on any atom is 0.231 e. The van der Waals surface area contributed by atoms with Crippen LogP contribution in [-0.4, -0.2) is 34.9 Å². The molecule has 1 saturated heterocycles. The first-order chi connectivity index (χ1) is 18.4. The summed E-state index contributed by atoms with van der Waals surface area (Å²) < 4.78 is 25.4. The van der Waals surface area contributed by atoms with E-state index < -0.39 is 6.98 Å². The summed E-state index contributed by atoms with van der Waals surface area (Å²) in [4.78, 5) is 14.8. The Bertz CT molecular complexity index is 1040. The molecule has 0 aliphatic carbocycles. The molecule has 0 amide bonds. The van der Waals surface area contributed by atoms with Gasteiger partial charge in [-0.1, -0.05) is 81.5 Å². The molecule has 3 rings (SSSR count). The fourth-order valence-electron chi connectivity index (χ4n) is 5.13. The molecule has 1 aromatic carbocycles. The van der Waals surface area contributed by atoms with Crippen LogP contribution in [0.25, 0.3) is 10.9 Å². The molecule has 1 aromatic heterocycles. The molecule has 35 heavy (non-hydrogen) atoms. The summed E-state index contributed by atoms with van der Waals surface area (Å²) in [5.74, 6) is 0.136. The van der Waals surface area contributed by atoms with Crippen LogP contribution in [-0.2, 0) is 6.42 Å². The molecule has 3 heteroatoms. The van der Waals surface area contributed by atoms with E-state index in [1.807, 2.05) is 29.0 Å². The number of hydrogen-bond acceptors (Lipinski definition) is 2. The van der Waals surface area contributed by atoms with Crippen molar-refractivity contribution in [2.24, 2.45) is 0 Å². The van der Waals surface area contributed by atoms with Gasteiger partial charge in [0, 0.05) is 28.2 Å². The molecule has 0 unspecified atom stereocenters. The van der Waals surface area contributed by atoms with E-state index in [-0.39, 0.29) is 11.9 Å². The zero-order chi connectivity index (χ0) is 27.2. The van der Waals surface area contributed by atoms with E-state index in [1.165, 1.54) is 44.9 Å². The minimum absolute atomic E-state index is 0.00119. The van der Waals surface area contributed by atoms with Crippen LogP contribution in [0, 0.1) is 0 Å². The van der Waals surface area contributed by atoms with Gasteiger partial charge in [-0.05, 0) is 82.9 Å². The number of rotatable bonds is 16. The van der Waals surface area contributed by atoms with Crippen molar-refractivity contribution in [2.75, 3.05) is 13.5 Å². The van der Waals surface area contributed by atoms with Gasteiger partial charge in [0.2, 0.25) is 5.91 Å². The highest BCUT2D eigenvalue weighted by molar-refractivity contribution is 5.94. The maximum absolute atomic E-state index is 13.1. The van der Waals surface area contributed by atoms with E-state index in [9.17, 15) is 4.79 Å². The monoisotopic (exact) mass is 479 g/mol. The standard InChI is InChI=1S/C32H48N2O/c1-3-4-5-6-7-8-9-10-11-12-13-14-15-16-17-24-32(35)34-27-28(26-29-21-20-25-33(29)2)30-22-18-19-23-31(30)34/h7-8,10-11,18-19,22-23,27,29H,3-6,9,12-17,20-21,24-26H2,1-2H3/b8-7-,11-10-/t29-/m0/s1/i2D3. The van der Waals surface area contributed by atoms with E-state index in [2.05, 4.69) is 37.3 Å². The highest BCUT2D eigenvalue weighted by Gasteiger charge is 2.23. The summed E-state index contributed by atoms with van der Waals surface area (Å²) in [7, 11) is 0. The Morgan fingerprint density at radius 3 is 2.54 bits per heavy atom. The van der Waals surface area contributed by atoms with Gasteiger partial charge in [-0.2, -0.15) is 0 Å². The third kappa shape index (κ3) is 9.11. The number of allylic oxidation sites excluding steroid dienone is 4. The fraction of sp³-hybridized carbons (Fsp3) is 0.594. The highest BCUT2D eigenvalue weighted by Crippen LogP contribution is 2.27. The van der Waals surface area contributed by atoms with Crippen LogP contribution in [0.5, 0.6) is 0 Å². The average Bonchev–Trinajstić information content (AvgIpc) is 3.52. The van der Waals surface area contributed by atoms with Gasteiger partial charge in [0.1, 0.15) is 0 Å². The lowest BCUT2D eigenvalue weighted by atomic mass is 10.0. The Morgan fingerprint density at radius 1 is 1.00 bits per heavy atom. The zero-order valence-electron chi connectivity index (χ0n) is 24.9. The Hall–Kier alpha value is -2.13. The van der Waals surface area contributed by atoms with Crippen LogP contribution >= 0.6 is 0 Å². The summed E-state index contributed by atoms with van der Waals surface area (Å²) in [5, 5.41) is 1.07. The lowest BCUT2D eigenvalue weighted by molar-refractivity contribution is 0.0904. The lowest BCUT2D eigenvalue weighted by Crippen LogP contribution is -2.26. The molecule has 0 saturated carbocycles. The molecule has 3 nitrogen and oxygen atoms in total. The number of aromatic nitrogens is 1. The van der Waals surface area contributed by atoms with Crippen molar-refractivity contribution in [3.8, 4) is 0 Å². The molecular weight excluding hydrogens is 428 g/mol. The number of benzene rings is 1. The van der Waals surface area contributed by atoms with Gasteiger partial charge in [0.25, 0.3) is 0 Å². The second kappa shape index (κ2) is 15.8. The van der Waals surface area contributed by atoms with Crippen LogP contribution in [0.3, 0.4) is 0 Å². The van der Waals surface area contributed by atoms with Gasteiger partial charge >= 0.3 is 0 Å². The second-order valence-corrected chi connectivity index (χ2v) is 10.1. The molecule has 1 aliphatic heterocycles. The van der Waals surface area contributed by atoms with Gasteiger partial charge in [0.05, 0.1) is 5.52 Å². The van der Waals surface area contributed by atoms with Crippen molar-refractivity contribution in [1.29, 1.82) is 0 Å². The molecule has 0 radical (unpaired) electrons. The third-order valence-electron chi connectivity index (χ3n) is 7.24. The molecule has 0 N–H and O–H groups in total. The second-order valence-electron chi connectivity index (χ2n) is 10.1. The molecule has 1 aliphatic rings. The molecule has 1 fully saturated rings. The van der Waals surface area contributed by atoms with E-state index in [0.29, 0.717) is 19.4 Å². The third-order valence-corrected chi connectivity index (χ3v) is 7.24. The number of para-hydroxylation sites is 1. The van der Waals surface area contributed by atoms with E-state index in [4.69, 9.17) is 4.11 Å². The Morgan fingerprint density at radius 2 is 1.74 bits per heavy atom. The van der Waals surface area contributed by atoms with Crippen LogP contribution in [0.15, 0.2) is 54.8 Å². The quantitative estimate of drug-likeness (QED) is 0.178. The molecule has 0 bridgehead atoms. The van der Waals surface area contributed by atoms with E-state index in [0.717, 1.165) is 55.0 Å². The number of carbonyl (C=O) groups excluding carboxylic acids is 1. The minimum atomic E-state index is -2.06. The average molecular weight is 480 g/mol. The Balaban J connectivity index is 1.38. The fourth-order valence-corrected chi connectivity index (χ4v) is 5.13. The van der Waals surface area contributed by atoms with Gasteiger partial charge in [0.15, 0.2) is 0 Å². The van der Waals surface area contributed by atoms with Gasteiger partial charge in [-0.25, -0.2) is 0 Å². The molecule has 2 aromatic rings. The van der Waals surface area contributed by atoms with Gasteiger partial charge in [-0.15, -0.1) is 0 Å². The maximum atomic E-state index is 13.1. The number of fused-ring (bicyclic) bond motifs is 1. The molecule has 2 heterocycles. The molecule has 1 atom stereocenters. The van der Waals surface area contributed by atoms with Crippen LogP contribution in [0.1, 0.15) is 111 Å². The number of likely N-dealkylation sites (N-methyl/N-ethyl adjacent to an activating group) is 1. The van der Waals surface area contributed by atoms with Crippen molar-refractivity contribution in [3.63, 3.8) is 0 Å². The summed E-state index contributed by atoms with van der Waals surface area (Å²) >= 11 is 0. The van der Waals surface area contributed by atoms with Crippen molar-refractivity contribution in [1.82, 2.24) is 9.47 Å². The minimum Gasteiger partial charge on any atom is -0.303 e. The first-order valence-electron chi connectivity index (χ1n) is 15.6. The first kappa shape index (κ1) is 23.3. The lowest BCUT2D eigenvalue weighted by Gasteiger charge is -2.18. The van der Waals surface area contributed by atoms with Crippen molar-refractivity contribution in [2.45, 2.75) is 109 Å². The summed E-state index contributed by atoms with van der Waals surface area (Å²) in [6.07, 6.45) is 27.0. The number of hydrogen-bond donors (Lipinski definition) is 0. The summed E-state index contributed by atoms with van der Waals surface area (Å²) in [6, 6.07) is 8.03. The molecule has 192 valence electrons. The zero-order valence-corrected chi connectivity index (χ0v) is 21.9. The van der Waals surface area contributed by atoms with Gasteiger partial charge < -0.3 is 4.90 Å². The van der Waals surface area contributed by atoms with Crippen molar-refractivity contribution >= 4 is 16.8 Å². The largest absolute Gasteiger partial charge is 0.303 e. The highest BCUT2D eigenvalue weighted by atomic mass is 16.2.